The second-order valence-electron chi connectivity index (χ2n) is 5.59. The number of fused-ring (bicyclic) bond motifs is 1. The third-order valence-electron chi connectivity index (χ3n) is 3.22. The lowest BCUT2D eigenvalue weighted by Gasteiger charge is -2.10. The van der Waals surface area contributed by atoms with Gasteiger partial charge in [0, 0.05) is 36.6 Å². The van der Waals surface area contributed by atoms with Gasteiger partial charge in [0.25, 0.3) is 0 Å². The average molecular weight is 285 g/mol. The Bertz CT molecular complexity index is 622. The van der Waals surface area contributed by atoms with Crippen LogP contribution in [0.15, 0.2) is 30.3 Å². The number of rotatable bonds is 6. The molecule has 0 spiro atoms. The van der Waals surface area contributed by atoms with E-state index in [0.29, 0.717) is 13.0 Å². The highest BCUT2D eigenvalue weighted by atomic mass is 16.1. The molecule has 1 heterocycles. The van der Waals surface area contributed by atoms with E-state index < -0.39 is 0 Å². The molecule has 0 fully saturated rings. The van der Waals surface area contributed by atoms with Crippen LogP contribution in [0.5, 0.6) is 0 Å². The van der Waals surface area contributed by atoms with Crippen LogP contribution in [0.2, 0.25) is 0 Å². The fourth-order valence-corrected chi connectivity index (χ4v) is 2.36. The van der Waals surface area contributed by atoms with Gasteiger partial charge in [-0.05, 0) is 38.5 Å². The number of nitrogens with one attached hydrogen (secondary N) is 2. The smallest absolute Gasteiger partial charge is 0.221 e. The number of amides is 1. The standard InChI is InChI=1S/C17H23N3O/c1-12(2)19-17(21)8-9-18-11-14-10-13(3)20-16-7-5-4-6-15(14)16/h4-7,10,12,18H,8-9,11H2,1-3H3,(H,19,21). The van der Waals surface area contributed by atoms with Gasteiger partial charge in [-0.15, -0.1) is 0 Å². The fraction of sp³-hybridized carbons (Fsp3) is 0.412. The monoisotopic (exact) mass is 285 g/mol. The molecule has 0 aliphatic heterocycles. The molecule has 0 saturated carbocycles. The first-order chi connectivity index (χ1) is 10.1. The van der Waals surface area contributed by atoms with Crippen molar-refractivity contribution < 1.29 is 4.79 Å². The van der Waals surface area contributed by atoms with E-state index in [1.54, 1.807) is 0 Å². The third kappa shape index (κ3) is 4.53. The first-order valence-electron chi connectivity index (χ1n) is 7.41. The van der Waals surface area contributed by atoms with Gasteiger partial charge in [0.05, 0.1) is 5.52 Å². The maximum absolute atomic E-state index is 11.6. The molecule has 0 saturated heterocycles. The normalized spacial score (nSPS) is 11.0. The number of carbonyl (C=O) groups excluding carboxylic acids is 1. The van der Waals surface area contributed by atoms with Crippen molar-refractivity contribution in [2.45, 2.75) is 39.8 Å². The number of nitrogens with zero attached hydrogens (tertiary/aromatic N) is 1. The van der Waals surface area contributed by atoms with E-state index in [-0.39, 0.29) is 11.9 Å². The minimum absolute atomic E-state index is 0.0910. The van der Waals surface area contributed by atoms with Crippen molar-refractivity contribution in [3.8, 4) is 0 Å². The van der Waals surface area contributed by atoms with Crippen LogP contribution in [0.4, 0.5) is 0 Å². The van der Waals surface area contributed by atoms with E-state index >= 15 is 0 Å². The molecule has 1 aromatic heterocycles. The van der Waals surface area contributed by atoms with Gasteiger partial charge in [-0.2, -0.15) is 0 Å². The predicted molar refractivity (Wildman–Crippen MR) is 86.1 cm³/mol. The lowest BCUT2D eigenvalue weighted by atomic mass is 10.1. The van der Waals surface area contributed by atoms with Crippen LogP contribution in [0, 0.1) is 6.92 Å². The van der Waals surface area contributed by atoms with Gasteiger partial charge >= 0.3 is 0 Å². The van der Waals surface area contributed by atoms with Gasteiger partial charge in [0.2, 0.25) is 5.91 Å². The van der Waals surface area contributed by atoms with Gasteiger partial charge in [-0.3, -0.25) is 9.78 Å². The Balaban J connectivity index is 1.93. The summed E-state index contributed by atoms with van der Waals surface area (Å²) in [6.45, 7) is 7.37. The SMILES string of the molecule is Cc1cc(CNCCC(=O)NC(C)C)c2ccccc2n1. The summed E-state index contributed by atoms with van der Waals surface area (Å²) >= 11 is 0. The molecular formula is C17H23N3O. The van der Waals surface area contributed by atoms with E-state index in [4.69, 9.17) is 0 Å². The third-order valence-corrected chi connectivity index (χ3v) is 3.22. The van der Waals surface area contributed by atoms with Gasteiger partial charge in [-0.25, -0.2) is 0 Å². The summed E-state index contributed by atoms with van der Waals surface area (Å²) in [6, 6.07) is 10.4. The molecule has 21 heavy (non-hydrogen) atoms. The van der Waals surface area contributed by atoms with E-state index in [0.717, 1.165) is 17.8 Å². The van der Waals surface area contributed by atoms with Crippen molar-refractivity contribution in [2.75, 3.05) is 6.54 Å². The summed E-state index contributed by atoms with van der Waals surface area (Å²) in [7, 11) is 0. The summed E-state index contributed by atoms with van der Waals surface area (Å²) in [6.07, 6.45) is 0.500. The summed E-state index contributed by atoms with van der Waals surface area (Å²) in [5, 5.41) is 7.40. The highest BCUT2D eigenvalue weighted by Gasteiger charge is 2.05. The molecule has 4 heteroatoms. The van der Waals surface area contributed by atoms with Crippen LogP contribution in [-0.2, 0) is 11.3 Å². The number of benzene rings is 1. The van der Waals surface area contributed by atoms with E-state index in [1.165, 1.54) is 10.9 Å². The Labute approximate surface area is 126 Å². The van der Waals surface area contributed by atoms with Crippen molar-refractivity contribution >= 4 is 16.8 Å². The fourth-order valence-electron chi connectivity index (χ4n) is 2.36. The number of para-hydroxylation sites is 1. The first-order valence-corrected chi connectivity index (χ1v) is 7.41. The van der Waals surface area contributed by atoms with Crippen LogP contribution < -0.4 is 10.6 Å². The van der Waals surface area contributed by atoms with Gasteiger partial charge in [0.1, 0.15) is 0 Å². The largest absolute Gasteiger partial charge is 0.354 e. The second-order valence-corrected chi connectivity index (χ2v) is 5.59. The second kappa shape index (κ2) is 7.18. The zero-order valence-electron chi connectivity index (χ0n) is 12.9. The molecule has 112 valence electrons. The van der Waals surface area contributed by atoms with Crippen molar-refractivity contribution in [3.05, 3.63) is 41.6 Å². The van der Waals surface area contributed by atoms with Crippen molar-refractivity contribution in [2.24, 2.45) is 0 Å². The summed E-state index contributed by atoms with van der Waals surface area (Å²) in [4.78, 5) is 16.1. The van der Waals surface area contributed by atoms with E-state index in [2.05, 4.69) is 27.8 Å². The van der Waals surface area contributed by atoms with Crippen molar-refractivity contribution in [1.82, 2.24) is 15.6 Å². The zero-order valence-corrected chi connectivity index (χ0v) is 12.9. The minimum Gasteiger partial charge on any atom is -0.354 e. The number of hydrogen-bond acceptors (Lipinski definition) is 3. The molecule has 0 atom stereocenters. The molecular weight excluding hydrogens is 262 g/mol. The zero-order chi connectivity index (χ0) is 15.2. The molecule has 0 radical (unpaired) electrons. The maximum Gasteiger partial charge on any atom is 0.221 e. The van der Waals surface area contributed by atoms with Crippen LogP contribution >= 0.6 is 0 Å². The molecule has 0 bridgehead atoms. The Morgan fingerprint density at radius 1 is 1.29 bits per heavy atom. The van der Waals surface area contributed by atoms with Gasteiger partial charge in [0.15, 0.2) is 0 Å². The quantitative estimate of drug-likeness (QED) is 0.802. The van der Waals surface area contributed by atoms with Crippen molar-refractivity contribution in [3.63, 3.8) is 0 Å². The molecule has 0 aliphatic rings. The Morgan fingerprint density at radius 2 is 2.05 bits per heavy atom. The summed E-state index contributed by atoms with van der Waals surface area (Å²) < 4.78 is 0. The maximum atomic E-state index is 11.6. The molecule has 1 aromatic carbocycles. The molecule has 0 aliphatic carbocycles. The topological polar surface area (TPSA) is 54.0 Å². The molecule has 1 amide bonds. The molecule has 0 unspecified atom stereocenters. The van der Waals surface area contributed by atoms with E-state index in [9.17, 15) is 4.79 Å². The molecule has 2 rings (SSSR count). The predicted octanol–water partition coefficient (Wildman–Crippen LogP) is 2.55. The number of pyridine rings is 1. The first kappa shape index (κ1) is 15.4. The van der Waals surface area contributed by atoms with Crippen LogP contribution in [0.1, 0.15) is 31.5 Å². The molecule has 4 nitrogen and oxygen atoms in total. The van der Waals surface area contributed by atoms with Crippen LogP contribution in [0.25, 0.3) is 10.9 Å². The average Bonchev–Trinajstić information content (AvgIpc) is 2.42. The van der Waals surface area contributed by atoms with Crippen LogP contribution in [-0.4, -0.2) is 23.5 Å². The lowest BCUT2D eigenvalue weighted by molar-refractivity contribution is -0.121. The van der Waals surface area contributed by atoms with Gasteiger partial charge in [-0.1, -0.05) is 18.2 Å². The molecule has 2 N–H and O–H groups in total. The number of carbonyl (C=O) groups is 1. The highest BCUT2D eigenvalue weighted by molar-refractivity contribution is 5.82. The Morgan fingerprint density at radius 3 is 2.81 bits per heavy atom. The highest BCUT2D eigenvalue weighted by Crippen LogP contribution is 2.17. The summed E-state index contributed by atoms with van der Waals surface area (Å²) in [5.74, 6) is 0.0910. The van der Waals surface area contributed by atoms with Crippen molar-refractivity contribution in [1.29, 1.82) is 0 Å². The molecule has 2 aromatic rings. The summed E-state index contributed by atoms with van der Waals surface area (Å²) in [5.41, 5.74) is 3.26. The van der Waals surface area contributed by atoms with Crippen LogP contribution in [0.3, 0.4) is 0 Å². The minimum atomic E-state index is 0.0910. The Hall–Kier alpha value is -1.94. The number of aromatic nitrogens is 1. The lowest BCUT2D eigenvalue weighted by Crippen LogP contribution is -2.32. The van der Waals surface area contributed by atoms with E-state index in [1.807, 2.05) is 39.0 Å². The number of hydrogen-bond donors (Lipinski definition) is 2. The number of aryl methyl sites for hydroxylation is 1. The van der Waals surface area contributed by atoms with Gasteiger partial charge < -0.3 is 10.6 Å². The Kier molecular flexibility index (Phi) is 5.28.